The van der Waals surface area contributed by atoms with E-state index in [4.69, 9.17) is 4.74 Å². The molecule has 6 heteroatoms. The Labute approximate surface area is 149 Å². The number of hydrogen-bond acceptors (Lipinski definition) is 4. The summed E-state index contributed by atoms with van der Waals surface area (Å²) in [7, 11) is 1.31. The molecule has 0 saturated carbocycles. The standard InChI is InChI=1S/C19H28N2O4/c1-5-11-20(12-6-2)18(23)10-13-21(15(3)22)17-9-7-8-16(14-17)19(24)25-4/h7-9,14H,5-6,10-13H2,1-4H3. The van der Waals surface area contributed by atoms with Gasteiger partial charge in [0.1, 0.15) is 0 Å². The molecule has 0 aromatic heterocycles. The fraction of sp³-hybridized carbons (Fsp3) is 0.526. The Bertz CT molecular complexity index is 595. The highest BCUT2D eigenvalue weighted by Crippen LogP contribution is 2.18. The molecule has 0 spiro atoms. The first-order valence-electron chi connectivity index (χ1n) is 8.68. The third kappa shape index (κ3) is 6.21. The summed E-state index contributed by atoms with van der Waals surface area (Å²) in [5.74, 6) is -0.593. The molecule has 1 aromatic rings. The summed E-state index contributed by atoms with van der Waals surface area (Å²) in [6.45, 7) is 7.26. The highest BCUT2D eigenvalue weighted by molar-refractivity contribution is 5.95. The van der Waals surface area contributed by atoms with Gasteiger partial charge in [-0.05, 0) is 31.0 Å². The zero-order chi connectivity index (χ0) is 18.8. The molecule has 0 radical (unpaired) electrons. The smallest absolute Gasteiger partial charge is 0.337 e. The number of benzene rings is 1. The van der Waals surface area contributed by atoms with Gasteiger partial charge in [0.15, 0.2) is 0 Å². The molecule has 2 amide bonds. The Morgan fingerprint density at radius 2 is 1.68 bits per heavy atom. The minimum Gasteiger partial charge on any atom is -0.465 e. The molecule has 0 heterocycles. The topological polar surface area (TPSA) is 66.9 Å². The van der Waals surface area contributed by atoms with Crippen molar-refractivity contribution in [2.24, 2.45) is 0 Å². The molecule has 0 bridgehead atoms. The molecule has 0 unspecified atom stereocenters. The summed E-state index contributed by atoms with van der Waals surface area (Å²) in [5.41, 5.74) is 0.955. The lowest BCUT2D eigenvalue weighted by atomic mass is 10.1. The predicted molar refractivity (Wildman–Crippen MR) is 97.6 cm³/mol. The van der Waals surface area contributed by atoms with Gasteiger partial charge in [0.25, 0.3) is 0 Å². The van der Waals surface area contributed by atoms with Crippen molar-refractivity contribution in [3.8, 4) is 0 Å². The molecule has 0 N–H and O–H groups in total. The summed E-state index contributed by atoms with van der Waals surface area (Å²) in [6, 6.07) is 6.67. The Morgan fingerprint density at radius 1 is 1.04 bits per heavy atom. The van der Waals surface area contributed by atoms with Crippen molar-refractivity contribution < 1.29 is 19.1 Å². The predicted octanol–water partition coefficient (Wildman–Crippen LogP) is 2.86. The zero-order valence-corrected chi connectivity index (χ0v) is 15.6. The van der Waals surface area contributed by atoms with Gasteiger partial charge in [0, 0.05) is 38.7 Å². The lowest BCUT2D eigenvalue weighted by molar-refractivity contribution is -0.131. The second kappa shape index (κ2) is 10.5. The van der Waals surface area contributed by atoms with Gasteiger partial charge in [0.2, 0.25) is 11.8 Å². The van der Waals surface area contributed by atoms with Gasteiger partial charge in [-0.2, -0.15) is 0 Å². The van der Waals surface area contributed by atoms with Gasteiger partial charge in [-0.3, -0.25) is 9.59 Å². The van der Waals surface area contributed by atoms with Gasteiger partial charge >= 0.3 is 5.97 Å². The average molecular weight is 348 g/mol. The first-order valence-corrected chi connectivity index (χ1v) is 8.68. The maximum atomic E-state index is 12.4. The Kier molecular flexibility index (Phi) is 8.67. The van der Waals surface area contributed by atoms with Crippen LogP contribution in [0.25, 0.3) is 0 Å². The van der Waals surface area contributed by atoms with Crippen LogP contribution >= 0.6 is 0 Å². The van der Waals surface area contributed by atoms with Crippen LogP contribution in [0.15, 0.2) is 24.3 Å². The van der Waals surface area contributed by atoms with Crippen LogP contribution in [-0.4, -0.2) is 49.4 Å². The van der Waals surface area contributed by atoms with E-state index in [2.05, 4.69) is 0 Å². The van der Waals surface area contributed by atoms with Crippen LogP contribution < -0.4 is 4.90 Å². The van der Waals surface area contributed by atoms with E-state index in [1.54, 1.807) is 24.3 Å². The molecule has 1 aromatic carbocycles. The molecule has 0 aliphatic carbocycles. The monoisotopic (exact) mass is 348 g/mol. The van der Waals surface area contributed by atoms with E-state index >= 15 is 0 Å². The van der Waals surface area contributed by atoms with Crippen LogP contribution in [0.3, 0.4) is 0 Å². The number of amides is 2. The summed E-state index contributed by atoms with van der Waals surface area (Å²) in [4.78, 5) is 39.5. The van der Waals surface area contributed by atoms with E-state index in [-0.39, 0.29) is 24.8 Å². The average Bonchev–Trinajstić information content (AvgIpc) is 2.60. The first-order chi connectivity index (χ1) is 11.9. The molecule has 138 valence electrons. The third-order valence-electron chi connectivity index (χ3n) is 3.85. The number of methoxy groups -OCH3 is 1. The van der Waals surface area contributed by atoms with Gasteiger partial charge in [0.05, 0.1) is 12.7 Å². The van der Waals surface area contributed by atoms with Crippen LogP contribution in [0.5, 0.6) is 0 Å². The van der Waals surface area contributed by atoms with Gasteiger partial charge in [-0.25, -0.2) is 4.79 Å². The SMILES string of the molecule is CCCN(CCC)C(=O)CCN(C(C)=O)c1cccc(C(=O)OC)c1. The maximum absolute atomic E-state index is 12.4. The molecule has 6 nitrogen and oxygen atoms in total. The van der Waals surface area contributed by atoms with Gasteiger partial charge in [-0.1, -0.05) is 19.9 Å². The molecule has 0 aliphatic heterocycles. The van der Waals surface area contributed by atoms with E-state index in [0.717, 1.165) is 25.9 Å². The van der Waals surface area contributed by atoms with Crippen molar-refractivity contribution in [2.45, 2.75) is 40.0 Å². The lowest BCUT2D eigenvalue weighted by Crippen LogP contribution is -2.37. The maximum Gasteiger partial charge on any atom is 0.337 e. The van der Waals surface area contributed by atoms with E-state index in [1.807, 2.05) is 18.7 Å². The largest absolute Gasteiger partial charge is 0.465 e. The van der Waals surface area contributed by atoms with E-state index in [1.165, 1.54) is 18.9 Å². The fourth-order valence-electron chi connectivity index (χ4n) is 2.65. The van der Waals surface area contributed by atoms with Gasteiger partial charge in [-0.15, -0.1) is 0 Å². The summed E-state index contributed by atoms with van der Waals surface area (Å²) < 4.78 is 4.71. The Morgan fingerprint density at radius 3 is 2.20 bits per heavy atom. The van der Waals surface area contributed by atoms with Gasteiger partial charge < -0.3 is 14.5 Å². The number of rotatable bonds is 9. The van der Waals surface area contributed by atoms with E-state index in [9.17, 15) is 14.4 Å². The minimum absolute atomic E-state index is 0.0408. The molecule has 0 fully saturated rings. The van der Waals surface area contributed by atoms with E-state index < -0.39 is 5.97 Å². The van der Waals surface area contributed by atoms with Crippen molar-refractivity contribution in [3.63, 3.8) is 0 Å². The van der Waals surface area contributed by atoms with Crippen LogP contribution in [0.2, 0.25) is 0 Å². The van der Waals surface area contributed by atoms with Crippen molar-refractivity contribution in [2.75, 3.05) is 31.6 Å². The summed E-state index contributed by atoms with van der Waals surface area (Å²) in [5, 5.41) is 0. The second-order valence-electron chi connectivity index (χ2n) is 5.84. The normalized spacial score (nSPS) is 10.2. The highest BCUT2D eigenvalue weighted by atomic mass is 16.5. The van der Waals surface area contributed by atoms with Crippen molar-refractivity contribution in [1.82, 2.24) is 4.90 Å². The first kappa shape index (κ1) is 20.7. The van der Waals surface area contributed by atoms with Crippen molar-refractivity contribution >= 4 is 23.5 Å². The molecule has 0 atom stereocenters. The number of esters is 1. The number of nitrogens with zero attached hydrogens (tertiary/aromatic N) is 2. The summed E-state index contributed by atoms with van der Waals surface area (Å²) in [6.07, 6.45) is 2.06. The second-order valence-corrected chi connectivity index (χ2v) is 5.84. The van der Waals surface area contributed by atoms with Crippen LogP contribution in [0, 0.1) is 0 Å². The van der Waals surface area contributed by atoms with Crippen molar-refractivity contribution in [3.05, 3.63) is 29.8 Å². The molecular formula is C19H28N2O4. The summed E-state index contributed by atoms with van der Waals surface area (Å²) >= 11 is 0. The Balaban J connectivity index is 2.86. The number of carbonyl (C=O) groups excluding carboxylic acids is 3. The molecule has 25 heavy (non-hydrogen) atoms. The van der Waals surface area contributed by atoms with Crippen LogP contribution in [0.4, 0.5) is 5.69 Å². The highest BCUT2D eigenvalue weighted by Gasteiger charge is 2.18. The third-order valence-corrected chi connectivity index (χ3v) is 3.85. The molecular weight excluding hydrogens is 320 g/mol. The molecule has 1 rings (SSSR count). The molecule has 0 aliphatic rings. The lowest BCUT2D eigenvalue weighted by Gasteiger charge is -2.25. The zero-order valence-electron chi connectivity index (χ0n) is 15.6. The quantitative estimate of drug-likeness (QED) is 0.644. The van der Waals surface area contributed by atoms with Crippen LogP contribution in [0.1, 0.15) is 50.4 Å². The minimum atomic E-state index is -0.460. The number of anilines is 1. The van der Waals surface area contributed by atoms with Crippen LogP contribution in [-0.2, 0) is 14.3 Å². The fourth-order valence-corrected chi connectivity index (χ4v) is 2.65. The number of hydrogen-bond donors (Lipinski definition) is 0. The van der Waals surface area contributed by atoms with E-state index in [0.29, 0.717) is 11.3 Å². The number of carbonyl (C=O) groups is 3. The van der Waals surface area contributed by atoms with Crippen molar-refractivity contribution in [1.29, 1.82) is 0 Å². The number of ether oxygens (including phenoxy) is 1. The Hall–Kier alpha value is -2.37. The molecule has 0 saturated heterocycles.